The second kappa shape index (κ2) is 7.63. The Kier molecular flexibility index (Phi) is 5.83. The number of hydrogen-bond acceptors (Lipinski definition) is 2. The number of carbonyl (C=O) groups is 2. The van der Waals surface area contributed by atoms with Gasteiger partial charge < -0.3 is 9.80 Å². The minimum absolute atomic E-state index is 0.00551. The van der Waals surface area contributed by atoms with Crippen LogP contribution in [-0.2, 0) is 4.79 Å². The predicted octanol–water partition coefficient (Wildman–Crippen LogP) is 3.06. The Morgan fingerprint density at radius 2 is 1.59 bits per heavy atom. The van der Waals surface area contributed by atoms with Crippen LogP contribution in [-0.4, -0.2) is 47.8 Å². The molecule has 120 valence electrons. The van der Waals surface area contributed by atoms with E-state index in [1.54, 1.807) is 29.2 Å². The number of carbonyl (C=O) groups excluding carboxylic acids is 2. The first kappa shape index (κ1) is 16.8. The molecule has 0 spiro atoms. The summed E-state index contributed by atoms with van der Waals surface area (Å²) >= 11 is 5.84. The van der Waals surface area contributed by atoms with Crippen LogP contribution >= 0.6 is 11.6 Å². The first-order valence-corrected chi connectivity index (χ1v) is 8.18. The molecule has 0 saturated carbocycles. The Morgan fingerprint density at radius 1 is 1.05 bits per heavy atom. The number of hydrogen-bond donors (Lipinski definition) is 0. The number of benzene rings is 1. The third-order valence-corrected chi connectivity index (χ3v) is 4.20. The van der Waals surface area contributed by atoms with Crippen LogP contribution in [0, 0.1) is 5.92 Å². The van der Waals surface area contributed by atoms with E-state index < -0.39 is 0 Å². The summed E-state index contributed by atoms with van der Waals surface area (Å²) in [7, 11) is 0. The molecule has 1 saturated heterocycles. The van der Waals surface area contributed by atoms with E-state index in [1.807, 2.05) is 4.90 Å². The van der Waals surface area contributed by atoms with Crippen molar-refractivity contribution >= 4 is 23.4 Å². The van der Waals surface area contributed by atoms with Gasteiger partial charge in [-0.25, -0.2) is 0 Å². The van der Waals surface area contributed by atoms with Gasteiger partial charge >= 0.3 is 0 Å². The molecule has 0 bridgehead atoms. The molecule has 1 aliphatic heterocycles. The molecule has 1 aromatic carbocycles. The van der Waals surface area contributed by atoms with Crippen LogP contribution in [0.3, 0.4) is 0 Å². The number of piperazine rings is 1. The van der Waals surface area contributed by atoms with Crippen molar-refractivity contribution < 1.29 is 9.59 Å². The van der Waals surface area contributed by atoms with Crippen molar-refractivity contribution in [3.63, 3.8) is 0 Å². The molecule has 0 atom stereocenters. The average molecular weight is 323 g/mol. The molecule has 2 rings (SSSR count). The third kappa shape index (κ3) is 4.47. The highest BCUT2D eigenvalue weighted by Crippen LogP contribution is 2.14. The number of rotatable bonds is 4. The predicted molar refractivity (Wildman–Crippen MR) is 88.0 cm³/mol. The van der Waals surface area contributed by atoms with E-state index in [0.29, 0.717) is 49.1 Å². The molecule has 5 heteroatoms. The summed E-state index contributed by atoms with van der Waals surface area (Å²) in [6.45, 7) is 6.67. The Hall–Kier alpha value is -1.55. The van der Waals surface area contributed by atoms with Gasteiger partial charge in [0, 0.05) is 43.2 Å². The number of nitrogens with zero attached hydrogens (tertiary/aromatic N) is 2. The highest BCUT2D eigenvalue weighted by Gasteiger charge is 2.24. The van der Waals surface area contributed by atoms with Crippen LogP contribution in [0.4, 0.5) is 0 Å². The van der Waals surface area contributed by atoms with Crippen molar-refractivity contribution in [3.8, 4) is 0 Å². The summed E-state index contributed by atoms with van der Waals surface area (Å²) in [6.07, 6.45) is 1.52. The summed E-state index contributed by atoms with van der Waals surface area (Å²) in [5, 5.41) is 0.622. The maximum Gasteiger partial charge on any atom is 0.253 e. The van der Waals surface area contributed by atoms with E-state index in [9.17, 15) is 9.59 Å². The lowest BCUT2D eigenvalue weighted by Crippen LogP contribution is -2.50. The fraction of sp³-hybridized carbons (Fsp3) is 0.529. The maximum atomic E-state index is 12.4. The maximum absolute atomic E-state index is 12.4. The summed E-state index contributed by atoms with van der Waals surface area (Å²) in [4.78, 5) is 28.1. The Labute approximate surface area is 137 Å². The summed E-state index contributed by atoms with van der Waals surface area (Å²) in [5.74, 6) is 0.745. The van der Waals surface area contributed by atoms with Crippen molar-refractivity contribution in [2.75, 3.05) is 26.2 Å². The second-order valence-electron chi connectivity index (χ2n) is 6.11. The molecule has 0 N–H and O–H groups in total. The van der Waals surface area contributed by atoms with Gasteiger partial charge in [0.2, 0.25) is 5.91 Å². The fourth-order valence-electron chi connectivity index (χ4n) is 2.50. The molecule has 1 aromatic rings. The lowest BCUT2D eigenvalue weighted by molar-refractivity contribution is -0.132. The van der Waals surface area contributed by atoms with Crippen molar-refractivity contribution in [3.05, 3.63) is 34.9 Å². The Bertz CT molecular complexity index is 520. The summed E-state index contributed by atoms with van der Waals surface area (Å²) in [5.41, 5.74) is 0.643. The van der Waals surface area contributed by atoms with Crippen LogP contribution < -0.4 is 0 Å². The lowest BCUT2D eigenvalue weighted by Gasteiger charge is -2.35. The van der Waals surface area contributed by atoms with Crippen molar-refractivity contribution in [2.24, 2.45) is 5.92 Å². The zero-order chi connectivity index (χ0) is 16.1. The summed E-state index contributed by atoms with van der Waals surface area (Å²) < 4.78 is 0. The lowest BCUT2D eigenvalue weighted by atomic mass is 10.1. The molecule has 22 heavy (non-hydrogen) atoms. The molecular formula is C17H23ClN2O2. The van der Waals surface area contributed by atoms with Crippen molar-refractivity contribution in [1.29, 1.82) is 0 Å². The minimum atomic E-state index is 0.00551. The molecule has 2 amide bonds. The van der Waals surface area contributed by atoms with Crippen molar-refractivity contribution in [2.45, 2.75) is 26.7 Å². The average Bonchev–Trinajstić information content (AvgIpc) is 2.53. The summed E-state index contributed by atoms with van der Waals surface area (Å²) in [6, 6.07) is 6.93. The smallest absolute Gasteiger partial charge is 0.253 e. The molecule has 4 nitrogen and oxygen atoms in total. The van der Waals surface area contributed by atoms with Crippen LogP contribution in [0.5, 0.6) is 0 Å². The molecule has 1 aliphatic rings. The van der Waals surface area contributed by atoms with Crippen LogP contribution in [0.2, 0.25) is 5.02 Å². The van der Waals surface area contributed by atoms with Crippen LogP contribution in [0.15, 0.2) is 24.3 Å². The fourth-order valence-corrected chi connectivity index (χ4v) is 2.63. The van der Waals surface area contributed by atoms with Gasteiger partial charge in [0.1, 0.15) is 0 Å². The molecular weight excluding hydrogens is 300 g/mol. The first-order chi connectivity index (χ1) is 10.5. The van der Waals surface area contributed by atoms with E-state index >= 15 is 0 Å². The highest BCUT2D eigenvalue weighted by molar-refractivity contribution is 6.30. The zero-order valence-corrected chi connectivity index (χ0v) is 14.0. The van der Waals surface area contributed by atoms with E-state index in [4.69, 9.17) is 11.6 Å². The highest BCUT2D eigenvalue weighted by atomic mass is 35.5. The molecule has 1 fully saturated rings. The number of amides is 2. The van der Waals surface area contributed by atoms with Gasteiger partial charge in [0.15, 0.2) is 0 Å². The van der Waals surface area contributed by atoms with Gasteiger partial charge in [0.05, 0.1) is 0 Å². The number of halogens is 1. The SMILES string of the molecule is CC(C)CCC(=O)N1CCN(C(=O)c2ccc(Cl)cc2)CC1. The normalized spacial score (nSPS) is 15.3. The van der Waals surface area contributed by atoms with E-state index in [-0.39, 0.29) is 11.8 Å². The quantitative estimate of drug-likeness (QED) is 0.854. The van der Waals surface area contributed by atoms with Gasteiger partial charge in [-0.15, -0.1) is 0 Å². The van der Waals surface area contributed by atoms with E-state index in [0.717, 1.165) is 6.42 Å². The van der Waals surface area contributed by atoms with Crippen molar-refractivity contribution in [1.82, 2.24) is 9.80 Å². The molecule has 0 radical (unpaired) electrons. The van der Waals surface area contributed by atoms with E-state index in [1.165, 1.54) is 0 Å². The first-order valence-electron chi connectivity index (χ1n) is 7.80. The van der Waals surface area contributed by atoms with Gasteiger partial charge in [0.25, 0.3) is 5.91 Å². The molecule has 0 unspecified atom stereocenters. The monoisotopic (exact) mass is 322 g/mol. The molecule has 0 aromatic heterocycles. The third-order valence-electron chi connectivity index (χ3n) is 3.95. The van der Waals surface area contributed by atoms with Gasteiger partial charge in [-0.1, -0.05) is 25.4 Å². The second-order valence-corrected chi connectivity index (χ2v) is 6.55. The van der Waals surface area contributed by atoms with Gasteiger partial charge in [-0.05, 0) is 36.6 Å². The van der Waals surface area contributed by atoms with Gasteiger partial charge in [-0.2, -0.15) is 0 Å². The Balaban J connectivity index is 1.85. The van der Waals surface area contributed by atoms with Crippen LogP contribution in [0.1, 0.15) is 37.0 Å². The van der Waals surface area contributed by atoms with E-state index in [2.05, 4.69) is 13.8 Å². The Morgan fingerprint density at radius 3 is 2.14 bits per heavy atom. The van der Waals surface area contributed by atoms with Crippen LogP contribution in [0.25, 0.3) is 0 Å². The largest absolute Gasteiger partial charge is 0.339 e. The standard InChI is InChI=1S/C17H23ClN2O2/c1-13(2)3-8-16(21)19-9-11-20(12-10-19)17(22)14-4-6-15(18)7-5-14/h4-7,13H,3,8-12H2,1-2H3. The molecule has 0 aliphatic carbocycles. The molecule has 1 heterocycles. The van der Waals surface area contributed by atoms with Gasteiger partial charge in [-0.3, -0.25) is 9.59 Å². The minimum Gasteiger partial charge on any atom is -0.339 e. The zero-order valence-electron chi connectivity index (χ0n) is 13.2. The topological polar surface area (TPSA) is 40.6 Å².